The van der Waals surface area contributed by atoms with Crippen LogP contribution in [0.2, 0.25) is 0 Å². The number of fused-ring (bicyclic) bond motifs is 2. The van der Waals surface area contributed by atoms with Crippen molar-refractivity contribution >= 4 is 5.91 Å². The third-order valence-electron chi connectivity index (χ3n) is 5.15. The van der Waals surface area contributed by atoms with Crippen LogP contribution in [-0.2, 0) is 14.3 Å². The summed E-state index contributed by atoms with van der Waals surface area (Å²) in [5.41, 5.74) is 0. The molecule has 136 valence electrons. The van der Waals surface area contributed by atoms with Gasteiger partial charge >= 0.3 is 0 Å². The van der Waals surface area contributed by atoms with Gasteiger partial charge in [-0.15, -0.1) is 0 Å². The Morgan fingerprint density at radius 1 is 1.17 bits per heavy atom. The van der Waals surface area contributed by atoms with Gasteiger partial charge in [-0.05, 0) is 24.7 Å². The van der Waals surface area contributed by atoms with Crippen molar-refractivity contribution < 1.29 is 34.7 Å². The SMILES string of the molecule is O=C(NCCOC1OC(CO)C(O)C(O)C1O)C1CC2C=CC1C2. The van der Waals surface area contributed by atoms with Gasteiger partial charge in [-0.1, -0.05) is 12.2 Å². The fourth-order valence-corrected chi connectivity index (χ4v) is 3.77. The molecule has 8 unspecified atom stereocenters. The lowest BCUT2D eigenvalue weighted by atomic mass is 9.93. The summed E-state index contributed by atoms with van der Waals surface area (Å²) in [4.78, 5) is 12.2. The molecule has 2 fully saturated rings. The number of hydrogen-bond acceptors (Lipinski definition) is 7. The van der Waals surface area contributed by atoms with E-state index in [0.717, 1.165) is 12.8 Å². The van der Waals surface area contributed by atoms with Crippen LogP contribution < -0.4 is 5.32 Å². The minimum atomic E-state index is -1.46. The average Bonchev–Trinajstić information content (AvgIpc) is 3.21. The molecule has 3 rings (SSSR count). The first-order valence-electron chi connectivity index (χ1n) is 8.39. The number of carbonyl (C=O) groups is 1. The molecule has 1 saturated heterocycles. The van der Waals surface area contributed by atoms with E-state index in [-0.39, 0.29) is 25.0 Å². The summed E-state index contributed by atoms with van der Waals surface area (Å²) in [6, 6.07) is 0. The third kappa shape index (κ3) is 3.49. The van der Waals surface area contributed by atoms with Crippen molar-refractivity contribution in [2.24, 2.45) is 17.8 Å². The maximum atomic E-state index is 12.2. The number of allylic oxidation sites excluding steroid dienone is 2. The van der Waals surface area contributed by atoms with E-state index in [9.17, 15) is 20.1 Å². The third-order valence-corrected chi connectivity index (χ3v) is 5.15. The molecule has 0 aromatic heterocycles. The molecule has 0 radical (unpaired) electrons. The van der Waals surface area contributed by atoms with Crippen LogP contribution in [0.3, 0.4) is 0 Å². The first kappa shape index (κ1) is 17.8. The molecule has 1 saturated carbocycles. The van der Waals surface area contributed by atoms with Crippen LogP contribution >= 0.6 is 0 Å². The van der Waals surface area contributed by atoms with Crippen molar-refractivity contribution in [1.29, 1.82) is 0 Å². The van der Waals surface area contributed by atoms with Crippen molar-refractivity contribution in [3.63, 3.8) is 0 Å². The van der Waals surface area contributed by atoms with Gasteiger partial charge in [0.15, 0.2) is 6.29 Å². The molecule has 8 heteroatoms. The van der Waals surface area contributed by atoms with Gasteiger partial charge in [0.05, 0.1) is 13.2 Å². The van der Waals surface area contributed by atoms with Gasteiger partial charge in [0.25, 0.3) is 0 Å². The standard InChI is InChI=1S/C16H25NO7/c18-7-11-12(19)13(20)14(21)16(24-11)23-4-3-17-15(22)10-6-8-1-2-9(10)5-8/h1-2,8-14,16,18-21H,3-7H2,(H,17,22). The van der Waals surface area contributed by atoms with Gasteiger partial charge in [0, 0.05) is 12.5 Å². The summed E-state index contributed by atoms with van der Waals surface area (Å²) in [6.45, 7) is -0.157. The second-order valence-electron chi connectivity index (χ2n) is 6.75. The van der Waals surface area contributed by atoms with Crippen molar-refractivity contribution in [1.82, 2.24) is 5.32 Å². The summed E-state index contributed by atoms with van der Waals surface area (Å²) < 4.78 is 10.6. The Kier molecular flexibility index (Phi) is 5.53. The van der Waals surface area contributed by atoms with E-state index in [4.69, 9.17) is 14.6 Å². The Labute approximate surface area is 140 Å². The molecule has 0 aromatic rings. The van der Waals surface area contributed by atoms with Gasteiger partial charge in [-0.2, -0.15) is 0 Å². The Hall–Kier alpha value is -1.03. The Morgan fingerprint density at radius 3 is 2.58 bits per heavy atom. The summed E-state index contributed by atoms with van der Waals surface area (Å²) in [5, 5.41) is 41.1. The van der Waals surface area contributed by atoms with Gasteiger partial charge < -0.3 is 35.2 Å². The molecule has 8 nitrogen and oxygen atoms in total. The second-order valence-corrected chi connectivity index (χ2v) is 6.75. The fraction of sp³-hybridized carbons (Fsp3) is 0.812. The fourth-order valence-electron chi connectivity index (χ4n) is 3.77. The Balaban J connectivity index is 1.40. The van der Waals surface area contributed by atoms with Crippen molar-refractivity contribution in [3.8, 4) is 0 Å². The maximum absolute atomic E-state index is 12.2. The topological polar surface area (TPSA) is 128 Å². The highest BCUT2D eigenvalue weighted by Crippen LogP contribution is 2.43. The predicted molar refractivity (Wildman–Crippen MR) is 81.6 cm³/mol. The zero-order valence-electron chi connectivity index (χ0n) is 13.3. The molecule has 2 bridgehead atoms. The molecule has 1 aliphatic heterocycles. The largest absolute Gasteiger partial charge is 0.394 e. The Bertz CT molecular complexity index is 483. The van der Waals surface area contributed by atoms with Crippen LogP contribution in [-0.4, -0.2) is 76.8 Å². The molecule has 1 amide bonds. The zero-order chi connectivity index (χ0) is 17.3. The molecule has 1 heterocycles. The monoisotopic (exact) mass is 343 g/mol. The van der Waals surface area contributed by atoms with E-state index in [2.05, 4.69) is 17.5 Å². The minimum Gasteiger partial charge on any atom is -0.394 e. The summed E-state index contributed by atoms with van der Waals surface area (Å²) in [5.74, 6) is 0.883. The van der Waals surface area contributed by atoms with Crippen LogP contribution in [0, 0.1) is 17.8 Å². The lowest BCUT2D eigenvalue weighted by molar-refractivity contribution is -0.300. The average molecular weight is 343 g/mol. The van der Waals surface area contributed by atoms with Crippen LogP contribution in [0.15, 0.2) is 12.2 Å². The lowest BCUT2D eigenvalue weighted by Gasteiger charge is -2.39. The van der Waals surface area contributed by atoms with Crippen molar-refractivity contribution in [2.75, 3.05) is 19.8 Å². The summed E-state index contributed by atoms with van der Waals surface area (Å²) >= 11 is 0. The van der Waals surface area contributed by atoms with Crippen molar-refractivity contribution in [3.05, 3.63) is 12.2 Å². The number of amides is 1. The smallest absolute Gasteiger partial charge is 0.223 e. The number of aliphatic hydroxyl groups excluding tert-OH is 4. The Morgan fingerprint density at radius 2 is 1.96 bits per heavy atom. The molecule has 3 aliphatic rings. The molecular formula is C16H25NO7. The lowest BCUT2D eigenvalue weighted by Crippen LogP contribution is -2.59. The van der Waals surface area contributed by atoms with Gasteiger partial charge in [-0.25, -0.2) is 0 Å². The highest BCUT2D eigenvalue weighted by molar-refractivity contribution is 5.79. The second kappa shape index (κ2) is 7.47. The first-order chi connectivity index (χ1) is 11.5. The molecule has 5 N–H and O–H groups in total. The van der Waals surface area contributed by atoms with E-state index in [1.165, 1.54) is 0 Å². The first-order valence-corrected chi connectivity index (χ1v) is 8.39. The van der Waals surface area contributed by atoms with E-state index in [1.807, 2.05) is 0 Å². The highest BCUT2D eigenvalue weighted by atomic mass is 16.7. The number of nitrogens with one attached hydrogen (secondary N) is 1. The molecule has 0 spiro atoms. The molecule has 2 aliphatic carbocycles. The predicted octanol–water partition coefficient (Wildman–Crippen LogP) is -1.87. The van der Waals surface area contributed by atoms with E-state index in [1.54, 1.807) is 0 Å². The van der Waals surface area contributed by atoms with Gasteiger partial charge in [0.1, 0.15) is 24.4 Å². The summed E-state index contributed by atoms with van der Waals surface area (Å²) in [7, 11) is 0. The molecule has 0 aromatic carbocycles. The van der Waals surface area contributed by atoms with E-state index < -0.39 is 37.3 Å². The zero-order valence-corrected chi connectivity index (χ0v) is 13.3. The van der Waals surface area contributed by atoms with Crippen LogP contribution in [0.1, 0.15) is 12.8 Å². The van der Waals surface area contributed by atoms with E-state index in [0.29, 0.717) is 11.8 Å². The maximum Gasteiger partial charge on any atom is 0.223 e. The van der Waals surface area contributed by atoms with Crippen LogP contribution in [0.5, 0.6) is 0 Å². The molecule has 8 atom stereocenters. The number of ether oxygens (including phenoxy) is 2. The highest BCUT2D eigenvalue weighted by Gasteiger charge is 2.44. The van der Waals surface area contributed by atoms with Crippen molar-refractivity contribution in [2.45, 2.75) is 43.5 Å². The van der Waals surface area contributed by atoms with Gasteiger partial charge in [-0.3, -0.25) is 4.79 Å². The number of rotatable bonds is 6. The van der Waals surface area contributed by atoms with E-state index >= 15 is 0 Å². The summed E-state index contributed by atoms with van der Waals surface area (Å²) in [6.07, 6.45) is -0.216. The van der Waals surface area contributed by atoms with Crippen LogP contribution in [0.25, 0.3) is 0 Å². The van der Waals surface area contributed by atoms with Crippen LogP contribution in [0.4, 0.5) is 0 Å². The number of aliphatic hydroxyl groups is 4. The number of carbonyl (C=O) groups excluding carboxylic acids is 1. The number of hydrogen-bond donors (Lipinski definition) is 5. The quantitative estimate of drug-likeness (QED) is 0.282. The minimum absolute atomic E-state index is 0.00394. The van der Waals surface area contributed by atoms with Gasteiger partial charge in [0.2, 0.25) is 5.91 Å². The molecular weight excluding hydrogens is 318 g/mol. The molecule has 24 heavy (non-hydrogen) atoms. The normalized spacial score (nSPS) is 44.0.